The number of hydrogen-bond acceptors (Lipinski definition) is 8. The lowest BCUT2D eigenvalue weighted by atomic mass is 9.93. The molecule has 0 fully saturated rings. The Bertz CT molecular complexity index is 7530. The fourth-order valence-electron chi connectivity index (χ4n) is 15.8. The molecule has 616 valence electrons. The van der Waals surface area contributed by atoms with Crippen LogP contribution in [0.15, 0.2) is 467 Å². The molecule has 8 nitrogen and oxygen atoms in total. The molecule has 0 atom stereocenters. The average Bonchev–Trinajstić information content (AvgIpc) is 0.758. The standard InChI is InChI=1S/C41H30N2.C35H26N2.C27H20N2.C18H16N2/c1-29-42-40(38-24-34(30-14-6-2-7-15-30)22-35(25-38)31-16-8-3-9-17-31)28-41(43-29)39-26-36(32-18-10-4-11-19-32)23-37(27-39)33-20-12-5-13-21-33;1-25-36-34(30-19-17-29(18-20-30)26-11-5-2-6-12-26)24-35(37-25)33-22-31(27-13-7-3-8-14-27)21-32(23-33)28-15-9-4-10-16-28;1-19-28-26(22-9-3-2-4-10-22)18-27(29-19)23-16-14-21(15-17-23)25-13-7-11-20-8-5-6-12-24(20)25;1-13-7-6-10-16(11-13)18-12-17(19-14(2)20-18)15-8-4-3-5-9-15/h2-28H,1H3;2-24H,1H3;2-18H,1H3;3-12H,1-2H3/i;;;3D,4D,5D,6D,7D,8D,9D,10D,11D. The highest BCUT2D eigenvalue weighted by Crippen LogP contribution is 2.40. The minimum Gasteiger partial charge on any atom is -0.233 e. The van der Waals surface area contributed by atoms with E-state index in [1.54, 1.807) is 6.92 Å². The molecule has 0 saturated carbocycles. The van der Waals surface area contributed by atoms with Gasteiger partial charge < -0.3 is 0 Å². The van der Waals surface area contributed by atoms with Crippen molar-refractivity contribution in [2.75, 3.05) is 0 Å². The highest BCUT2D eigenvalue weighted by molar-refractivity contribution is 5.97. The maximum Gasteiger partial charge on any atom is 0.126 e. The van der Waals surface area contributed by atoms with E-state index >= 15 is 0 Å². The lowest BCUT2D eigenvalue weighted by Crippen LogP contribution is -1.96. The molecule has 21 aromatic rings. The van der Waals surface area contributed by atoms with Gasteiger partial charge >= 0.3 is 0 Å². The molecule has 0 radical (unpaired) electrons. The minimum absolute atomic E-state index is 0.0302. The van der Waals surface area contributed by atoms with E-state index < -0.39 is 30.2 Å². The Kier molecular flexibility index (Phi) is 22.2. The van der Waals surface area contributed by atoms with Crippen molar-refractivity contribution in [3.05, 3.63) is 496 Å². The van der Waals surface area contributed by atoms with Gasteiger partial charge in [0.2, 0.25) is 0 Å². The van der Waals surface area contributed by atoms with Crippen molar-refractivity contribution in [2.24, 2.45) is 0 Å². The SMILES string of the molecule is Cc1nc(-c2cc(-c3ccccc3)cc(-c3ccccc3)c2)cc(-c2cc(-c3ccccc3)cc(-c3ccccc3)c2)n1.Cc1nc(-c2ccc(-c3ccccc3)cc2)cc(-c2cc(-c3ccccc3)cc(-c3ccccc3)c2)n1.Cc1nc(-c2ccccc2)cc(-c2ccc(-c3cccc4ccccc34)cc2)n1.[2H]c1c([2H])c([2H])c(-c2cc(-c3c([2H])c([2H])c([2H])c(C)c3[2H])nc(C)n2)c([2H])c1[2H]. The van der Waals surface area contributed by atoms with Crippen molar-refractivity contribution in [1.29, 1.82) is 0 Å². The van der Waals surface area contributed by atoms with E-state index in [0.717, 1.165) is 107 Å². The first-order valence-corrected chi connectivity index (χ1v) is 42.8. The summed E-state index contributed by atoms with van der Waals surface area (Å²) in [6, 6.07) is 141. The third-order valence-electron chi connectivity index (χ3n) is 22.1. The highest BCUT2D eigenvalue weighted by atomic mass is 14.9. The fourth-order valence-corrected chi connectivity index (χ4v) is 15.8. The second-order valence-corrected chi connectivity index (χ2v) is 31.2. The molecule has 0 aliphatic heterocycles. The minimum atomic E-state index is -0.517. The molecular formula is C121H92N8. The molecule has 0 amide bonds. The Hall–Kier alpha value is -16.7. The highest BCUT2D eigenvalue weighted by Gasteiger charge is 2.18. The summed E-state index contributed by atoms with van der Waals surface area (Å²) in [6.07, 6.45) is 0. The van der Waals surface area contributed by atoms with Crippen LogP contribution in [-0.4, -0.2) is 39.9 Å². The molecule has 4 heterocycles. The number of fused-ring (bicyclic) bond motifs is 1. The first-order valence-electron chi connectivity index (χ1n) is 47.3. The predicted octanol–water partition coefficient (Wildman–Crippen LogP) is 31.3. The Labute approximate surface area is 767 Å². The van der Waals surface area contributed by atoms with Gasteiger partial charge in [0.05, 0.1) is 57.9 Å². The summed E-state index contributed by atoms with van der Waals surface area (Å²) >= 11 is 0. The maximum absolute atomic E-state index is 8.29. The monoisotopic (exact) mass is 1670 g/mol. The fraction of sp³-hybridized carbons (Fsp3) is 0.0413. The molecule has 21 rings (SSSR count). The molecule has 17 aromatic carbocycles. The van der Waals surface area contributed by atoms with Gasteiger partial charge in [0, 0.05) is 44.5 Å². The van der Waals surface area contributed by atoms with Crippen LogP contribution in [0, 0.1) is 34.6 Å². The van der Waals surface area contributed by atoms with Gasteiger partial charge in [-0.05, 0) is 219 Å². The summed E-state index contributed by atoms with van der Waals surface area (Å²) in [5.41, 5.74) is 31.3. The summed E-state index contributed by atoms with van der Waals surface area (Å²) in [5.74, 6) is 2.48. The van der Waals surface area contributed by atoms with E-state index in [4.69, 9.17) is 32.3 Å². The number of aryl methyl sites for hydroxylation is 4. The molecule has 0 aliphatic rings. The van der Waals surface area contributed by atoms with E-state index in [1.165, 1.54) is 90.5 Å². The largest absolute Gasteiger partial charge is 0.233 e. The maximum atomic E-state index is 8.29. The number of rotatable bonds is 16. The molecule has 0 bridgehead atoms. The van der Waals surface area contributed by atoms with E-state index in [0.29, 0.717) is 0 Å². The summed E-state index contributed by atoms with van der Waals surface area (Å²) < 4.78 is 72.0. The summed E-state index contributed by atoms with van der Waals surface area (Å²) in [6.45, 7) is 8.94. The van der Waals surface area contributed by atoms with Crippen molar-refractivity contribution < 1.29 is 12.3 Å². The second kappa shape index (κ2) is 39.4. The number of nitrogens with zero attached hydrogens (tertiary/aromatic N) is 8. The Balaban J connectivity index is 0.000000124. The van der Waals surface area contributed by atoms with E-state index in [9.17, 15) is 0 Å². The van der Waals surface area contributed by atoms with Crippen molar-refractivity contribution in [3.8, 4) is 179 Å². The Morgan fingerprint density at radius 1 is 0.163 bits per heavy atom. The van der Waals surface area contributed by atoms with Gasteiger partial charge in [0.1, 0.15) is 23.3 Å². The third-order valence-corrected chi connectivity index (χ3v) is 22.1. The van der Waals surface area contributed by atoms with Gasteiger partial charge in [-0.2, -0.15) is 0 Å². The molecule has 0 N–H and O–H groups in total. The number of benzene rings is 17. The molecule has 0 aliphatic carbocycles. The van der Waals surface area contributed by atoms with Gasteiger partial charge in [0.15, 0.2) is 0 Å². The van der Waals surface area contributed by atoms with Gasteiger partial charge in [0.25, 0.3) is 0 Å². The van der Waals surface area contributed by atoms with Crippen LogP contribution in [0.3, 0.4) is 0 Å². The molecule has 0 spiro atoms. The molecule has 0 unspecified atom stereocenters. The molecule has 4 aromatic heterocycles. The summed E-state index contributed by atoms with van der Waals surface area (Å²) in [7, 11) is 0. The van der Waals surface area contributed by atoms with Crippen LogP contribution >= 0.6 is 0 Å². The van der Waals surface area contributed by atoms with E-state index in [1.807, 2.05) is 45.0 Å². The third kappa shape index (κ3) is 20.6. The second-order valence-electron chi connectivity index (χ2n) is 31.2. The zero-order valence-corrected chi connectivity index (χ0v) is 71.8. The van der Waals surface area contributed by atoms with Crippen molar-refractivity contribution >= 4 is 10.8 Å². The first-order chi connectivity index (χ1) is 67.2. The smallest absolute Gasteiger partial charge is 0.126 e. The predicted molar refractivity (Wildman–Crippen MR) is 536 cm³/mol. The van der Waals surface area contributed by atoms with Crippen LogP contribution in [0.4, 0.5) is 0 Å². The summed E-state index contributed by atoms with van der Waals surface area (Å²) in [5, 5.41) is 2.53. The van der Waals surface area contributed by atoms with Gasteiger partial charge in [-0.25, -0.2) is 39.9 Å². The zero-order valence-electron chi connectivity index (χ0n) is 80.8. The van der Waals surface area contributed by atoms with E-state index in [2.05, 4.69) is 402 Å². The molecule has 129 heavy (non-hydrogen) atoms. The number of aromatic nitrogens is 8. The van der Waals surface area contributed by atoms with Gasteiger partial charge in [-0.1, -0.05) is 388 Å². The van der Waals surface area contributed by atoms with E-state index in [-0.39, 0.29) is 58.1 Å². The van der Waals surface area contributed by atoms with Crippen LogP contribution in [0.5, 0.6) is 0 Å². The van der Waals surface area contributed by atoms with Crippen molar-refractivity contribution in [3.63, 3.8) is 0 Å². The molecular weight excluding hydrogens is 1570 g/mol. The van der Waals surface area contributed by atoms with Gasteiger partial charge in [-0.15, -0.1) is 0 Å². The van der Waals surface area contributed by atoms with Crippen LogP contribution in [0.25, 0.3) is 190 Å². The van der Waals surface area contributed by atoms with Crippen LogP contribution < -0.4 is 0 Å². The van der Waals surface area contributed by atoms with Crippen LogP contribution in [0.2, 0.25) is 0 Å². The normalized spacial score (nSPS) is 11.8. The average molecular weight is 1670 g/mol. The first kappa shape index (κ1) is 72.8. The lowest BCUT2D eigenvalue weighted by molar-refractivity contribution is 1.06. The van der Waals surface area contributed by atoms with Gasteiger partial charge in [-0.3, -0.25) is 0 Å². The molecule has 8 heteroatoms. The number of hydrogen-bond donors (Lipinski definition) is 0. The van der Waals surface area contributed by atoms with Crippen LogP contribution in [-0.2, 0) is 0 Å². The Morgan fingerprint density at radius 3 is 0.736 bits per heavy atom. The Morgan fingerprint density at radius 2 is 0.395 bits per heavy atom. The summed E-state index contributed by atoms with van der Waals surface area (Å²) in [4.78, 5) is 37.3. The van der Waals surface area contributed by atoms with Crippen LogP contribution in [0.1, 0.15) is 41.2 Å². The topological polar surface area (TPSA) is 103 Å². The zero-order chi connectivity index (χ0) is 95.5. The lowest BCUT2D eigenvalue weighted by Gasteiger charge is -2.14. The molecule has 0 saturated heterocycles. The van der Waals surface area contributed by atoms with Crippen molar-refractivity contribution in [1.82, 2.24) is 39.9 Å². The quantitative estimate of drug-likeness (QED) is 0.0943. The van der Waals surface area contributed by atoms with Crippen molar-refractivity contribution in [2.45, 2.75) is 34.6 Å².